The number of likely N-dealkylation sites (N-methyl/N-ethyl adjacent to an activating group) is 1. The van der Waals surface area contributed by atoms with E-state index in [2.05, 4.69) is 0 Å². The number of rotatable bonds is 3. The molecule has 10 heteroatoms. The predicted octanol–water partition coefficient (Wildman–Crippen LogP) is 3.35. The third kappa shape index (κ3) is 5.01. The van der Waals surface area contributed by atoms with Crippen molar-refractivity contribution in [2.75, 3.05) is 20.1 Å². The molecular formula is C23H33BF2N2O5. The molecule has 0 aromatic heterocycles. The smallest absolute Gasteiger partial charge is 0.444 e. The van der Waals surface area contributed by atoms with Gasteiger partial charge in [-0.3, -0.25) is 4.79 Å². The van der Waals surface area contributed by atoms with Crippen LogP contribution in [0.2, 0.25) is 0 Å². The molecule has 0 aliphatic carbocycles. The molecule has 1 atom stereocenters. The van der Waals surface area contributed by atoms with Crippen molar-refractivity contribution in [3.8, 4) is 0 Å². The largest absolute Gasteiger partial charge is 0.497 e. The highest BCUT2D eigenvalue weighted by Crippen LogP contribution is 2.37. The molecule has 0 radical (unpaired) electrons. The first-order valence-corrected chi connectivity index (χ1v) is 11.1. The molecule has 2 heterocycles. The molecule has 2 amide bonds. The molecule has 0 bridgehead atoms. The Hall–Kier alpha value is -2.20. The van der Waals surface area contributed by atoms with Crippen LogP contribution in [0.3, 0.4) is 0 Å². The number of likely N-dealkylation sites (tertiary alicyclic amines) is 1. The highest BCUT2D eigenvalue weighted by atomic mass is 19.2. The van der Waals surface area contributed by atoms with Gasteiger partial charge in [-0.1, -0.05) is 6.07 Å². The third-order valence-electron chi connectivity index (χ3n) is 6.53. The van der Waals surface area contributed by atoms with Gasteiger partial charge in [0.25, 0.3) is 5.91 Å². The van der Waals surface area contributed by atoms with Crippen LogP contribution in [0.25, 0.3) is 0 Å². The van der Waals surface area contributed by atoms with Gasteiger partial charge >= 0.3 is 13.2 Å². The van der Waals surface area contributed by atoms with E-state index in [0.717, 1.165) is 0 Å². The van der Waals surface area contributed by atoms with E-state index in [9.17, 15) is 18.4 Å². The first kappa shape index (κ1) is 25.4. The molecule has 1 unspecified atom stereocenters. The van der Waals surface area contributed by atoms with E-state index in [0.29, 0.717) is 13.0 Å². The summed E-state index contributed by atoms with van der Waals surface area (Å²) in [7, 11) is 0.527. The lowest BCUT2D eigenvalue weighted by atomic mass is 9.78. The van der Waals surface area contributed by atoms with E-state index >= 15 is 0 Å². The number of ether oxygens (including phenoxy) is 1. The van der Waals surface area contributed by atoms with Crippen LogP contribution in [0, 0.1) is 11.6 Å². The van der Waals surface area contributed by atoms with Crippen molar-refractivity contribution < 1.29 is 32.4 Å². The maximum Gasteiger partial charge on any atom is 0.497 e. The van der Waals surface area contributed by atoms with Gasteiger partial charge in [-0.05, 0) is 61.0 Å². The molecule has 2 aliphatic heterocycles. The Labute approximate surface area is 194 Å². The molecule has 182 valence electrons. The van der Waals surface area contributed by atoms with Crippen molar-refractivity contribution in [2.45, 2.75) is 77.7 Å². The Morgan fingerprint density at radius 3 is 2.24 bits per heavy atom. The van der Waals surface area contributed by atoms with E-state index in [1.165, 1.54) is 21.9 Å². The number of hydrogen-bond acceptors (Lipinski definition) is 5. The van der Waals surface area contributed by atoms with Crippen molar-refractivity contribution in [1.29, 1.82) is 0 Å². The summed E-state index contributed by atoms with van der Waals surface area (Å²) >= 11 is 0. The number of carbonyl (C=O) groups is 2. The average molecular weight is 466 g/mol. The summed E-state index contributed by atoms with van der Waals surface area (Å²) in [5, 5.41) is 0. The summed E-state index contributed by atoms with van der Waals surface area (Å²) in [4.78, 5) is 28.1. The predicted molar refractivity (Wildman–Crippen MR) is 120 cm³/mol. The van der Waals surface area contributed by atoms with Crippen molar-refractivity contribution in [3.63, 3.8) is 0 Å². The zero-order chi connectivity index (χ0) is 24.9. The maximum absolute atomic E-state index is 15.0. The quantitative estimate of drug-likeness (QED) is 0.640. The molecule has 1 aromatic rings. The maximum atomic E-state index is 15.0. The first-order chi connectivity index (χ1) is 15.0. The molecule has 2 aliphatic rings. The molecule has 33 heavy (non-hydrogen) atoms. The number of benzene rings is 1. The number of hydrogen-bond donors (Lipinski definition) is 0. The van der Waals surface area contributed by atoms with E-state index in [4.69, 9.17) is 14.0 Å². The summed E-state index contributed by atoms with van der Waals surface area (Å²) in [5.74, 6) is -3.04. The molecule has 3 rings (SSSR count). The van der Waals surface area contributed by atoms with Gasteiger partial charge in [0, 0.05) is 25.6 Å². The van der Waals surface area contributed by atoms with Crippen molar-refractivity contribution in [3.05, 3.63) is 29.3 Å². The fourth-order valence-electron chi connectivity index (χ4n) is 3.78. The van der Waals surface area contributed by atoms with Crippen LogP contribution < -0.4 is 5.46 Å². The van der Waals surface area contributed by atoms with Crippen molar-refractivity contribution in [1.82, 2.24) is 9.80 Å². The number of amides is 2. The summed E-state index contributed by atoms with van der Waals surface area (Å²) in [6.45, 7) is 13.1. The molecule has 7 nitrogen and oxygen atoms in total. The number of carbonyl (C=O) groups excluding carboxylic acids is 2. The fourth-order valence-corrected chi connectivity index (χ4v) is 3.78. The van der Waals surface area contributed by atoms with E-state index < -0.39 is 47.6 Å². The Morgan fingerprint density at radius 1 is 1.12 bits per heavy atom. The lowest BCUT2D eigenvalue weighted by Gasteiger charge is -2.32. The first-order valence-electron chi connectivity index (χ1n) is 11.1. The van der Waals surface area contributed by atoms with E-state index in [1.54, 1.807) is 27.8 Å². The molecule has 1 aromatic carbocycles. The van der Waals surface area contributed by atoms with Crippen LogP contribution in [0.4, 0.5) is 13.6 Å². The number of halogens is 2. The molecule has 0 saturated carbocycles. The molecule has 0 spiro atoms. The summed E-state index contributed by atoms with van der Waals surface area (Å²) < 4.78 is 46.9. The van der Waals surface area contributed by atoms with Crippen LogP contribution in [0.15, 0.2) is 12.1 Å². The normalized spacial score (nSPS) is 21.9. The van der Waals surface area contributed by atoms with Gasteiger partial charge in [0.05, 0.1) is 22.8 Å². The van der Waals surface area contributed by atoms with Crippen LogP contribution in [0.1, 0.15) is 65.2 Å². The minimum absolute atomic E-state index is 0.0911. The zero-order valence-electron chi connectivity index (χ0n) is 20.6. The van der Waals surface area contributed by atoms with Gasteiger partial charge in [-0.2, -0.15) is 0 Å². The standard InChI is InChI=1S/C23H33BF2N2O5/c1-21(2,3)31-20(30)27(8)14-11-12-28(13-14)19(29)15-9-10-16(18(26)17(15)25)24-32-22(4,5)23(6,7)33-24/h9-10,14H,11-13H2,1-8H3. The Morgan fingerprint density at radius 2 is 1.70 bits per heavy atom. The second-order valence-electron chi connectivity index (χ2n) is 10.7. The van der Waals surface area contributed by atoms with Gasteiger partial charge in [-0.15, -0.1) is 0 Å². The summed E-state index contributed by atoms with van der Waals surface area (Å²) in [5.41, 5.74) is -2.52. The van der Waals surface area contributed by atoms with E-state index in [-0.39, 0.29) is 23.6 Å². The van der Waals surface area contributed by atoms with Crippen molar-refractivity contribution in [2.24, 2.45) is 0 Å². The molecule has 0 N–H and O–H groups in total. The van der Waals surface area contributed by atoms with Crippen LogP contribution >= 0.6 is 0 Å². The zero-order valence-corrected chi connectivity index (χ0v) is 20.6. The minimum Gasteiger partial charge on any atom is -0.444 e. The van der Waals surface area contributed by atoms with Gasteiger partial charge in [0.2, 0.25) is 0 Å². The monoisotopic (exact) mass is 466 g/mol. The van der Waals surface area contributed by atoms with Gasteiger partial charge in [0.1, 0.15) is 5.60 Å². The summed E-state index contributed by atoms with van der Waals surface area (Å²) in [6, 6.07) is 2.31. The lowest BCUT2D eigenvalue weighted by Crippen LogP contribution is -2.43. The minimum atomic E-state index is -1.24. The topological polar surface area (TPSA) is 68.3 Å². The fraction of sp³-hybridized carbons (Fsp3) is 0.652. The van der Waals surface area contributed by atoms with Crippen molar-refractivity contribution >= 4 is 24.6 Å². The molecular weight excluding hydrogens is 433 g/mol. The van der Waals surface area contributed by atoms with Gasteiger partial charge in [0.15, 0.2) is 11.6 Å². The second-order valence-corrected chi connectivity index (χ2v) is 10.7. The van der Waals surface area contributed by atoms with Crippen LogP contribution in [-0.4, -0.2) is 71.9 Å². The SMILES string of the molecule is CN(C(=O)OC(C)(C)C)C1CCN(C(=O)c2ccc(B3OC(C)(C)C(C)(C)O3)c(F)c2F)C1. The lowest BCUT2D eigenvalue weighted by molar-refractivity contribution is 0.00578. The van der Waals surface area contributed by atoms with Gasteiger partial charge in [-0.25, -0.2) is 13.6 Å². The Kier molecular flexibility index (Phi) is 6.58. The summed E-state index contributed by atoms with van der Waals surface area (Å²) in [6.07, 6.45) is 0.0169. The average Bonchev–Trinajstić information content (AvgIpc) is 3.24. The Bertz CT molecular complexity index is 932. The Balaban J connectivity index is 1.73. The molecule has 2 fully saturated rings. The number of nitrogens with zero attached hydrogens (tertiary/aromatic N) is 2. The highest BCUT2D eigenvalue weighted by molar-refractivity contribution is 6.62. The van der Waals surface area contributed by atoms with Crippen LogP contribution in [-0.2, 0) is 14.0 Å². The molecule has 2 saturated heterocycles. The second kappa shape index (κ2) is 8.54. The van der Waals surface area contributed by atoms with Crippen LogP contribution in [0.5, 0.6) is 0 Å². The highest BCUT2D eigenvalue weighted by Gasteiger charge is 2.52. The van der Waals surface area contributed by atoms with E-state index in [1.807, 2.05) is 27.7 Å². The van der Waals surface area contributed by atoms with Gasteiger partial charge < -0.3 is 23.8 Å². The third-order valence-corrected chi connectivity index (χ3v) is 6.53.